The van der Waals surface area contributed by atoms with E-state index in [2.05, 4.69) is 42.4 Å². The third kappa shape index (κ3) is 2.68. The Kier molecular flexibility index (Phi) is 4.42. The summed E-state index contributed by atoms with van der Waals surface area (Å²) >= 11 is 8.24. The van der Waals surface area contributed by atoms with Gasteiger partial charge in [-0.05, 0) is 58.7 Å². The molecule has 0 heterocycles. The Hall–Kier alpha value is -0.840. The molecule has 0 fully saturated rings. The van der Waals surface area contributed by atoms with Crippen molar-refractivity contribution in [3.05, 3.63) is 69.7 Å². The summed E-state index contributed by atoms with van der Waals surface area (Å²) in [5.41, 5.74) is 4.00. The van der Waals surface area contributed by atoms with Crippen LogP contribution < -0.4 is 0 Å². The van der Waals surface area contributed by atoms with Crippen LogP contribution in [0, 0.1) is 0 Å². The van der Waals surface area contributed by atoms with Gasteiger partial charge in [0, 0.05) is 15.5 Å². The first-order chi connectivity index (χ1) is 11.4. The maximum absolute atomic E-state index is 15.6. The highest BCUT2D eigenvalue weighted by Gasteiger charge is 2.47. The Balaban J connectivity index is 2.27. The molecule has 0 spiro atoms. The second kappa shape index (κ2) is 5.83. The lowest BCUT2D eigenvalue weighted by Crippen LogP contribution is -2.23. The molecule has 6 heteroatoms. The van der Waals surface area contributed by atoms with Crippen molar-refractivity contribution in [2.75, 3.05) is 0 Å². The number of hydrogen-bond acceptors (Lipinski definition) is 1. The zero-order chi connectivity index (χ0) is 18.8. The maximum atomic E-state index is 15.6. The fourth-order valence-corrected chi connectivity index (χ4v) is 5.70. The Morgan fingerprint density at radius 3 is 2.20 bits per heavy atom. The van der Waals surface area contributed by atoms with Gasteiger partial charge in [0.1, 0.15) is 0 Å². The van der Waals surface area contributed by atoms with E-state index in [0.717, 1.165) is 26.7 Å². The van der Waals surface area contributed by atoms with E-state index in [0.29, 0.717) is 0 Å². The molecule has 1 unspecified atom stereocenters. The van der Waals surface area contributed by atoms with Crippen molar-refractivity contribution in [3.8, 4) is 11.1 Å². The summed E-state index contributed by atoms with van der Waals surface area (Å²) in [5.74, 6) is 0. The van der Waals surface area contributed by atoms with Crippen LogP contribution in [0.5, 0.6) is 0 Å². The molecular weight excluding hydrogens is 422 g/mol. The van der Waals surface area contributed by atoms with Crippen molar-refractivity contribution in [1.29, 1.82) is 0 Å². The smallest absolute Gasteiger partial charge is 0.230 e. The molecule has 0 aliphatic heterocycles. The van der Waals surface area contributed by atoms with E-state index >= 15 is 4.39 Å². The van der Waals surface area contributed by atoms with Gasteiger partial charge in [0.2, 0.25) is 11.9 Å². The topological polar surface area (TPSA) is 40.5 Å². The van der Waals surface area contributed by atoms with Crippen molar-refractivity contribution < 1.29 is 14.2 Å². The summed E-state index contributed by atoms with van der Waals surface area (Å²) in [6, 6.07) is 11.2. The van der Waals surface area contributed by atoms with E-state index in [9.17, 15) is 9.79 Å². The first kappa shape index (κ1) is 18.9. The van der Waals surface area contributed by atoms with Crippen LogP contribution in [-0.2, 0) is 22.6 Å². The number of alkyl halides is 1. The van der Waals surface area contributed by atoms with Crippen LogP contribution >= 0.6 is 22.4 Å². The van der Waals surface area contributed by atoms with Crippen LogP contribution in [-0.4, -0.2) is 9.79 Å². The molecule has 3 rings (SSSR count). The largest absolute Gasteiger partial charge is 0.343 e. The van der Waals surface area contributed by atoms with Crippen LogP contribution in [0.25, 0.3) is 11.1 Å². The fourth-order valence-electron chi connectivity index (χ4n) is 3.58. The lowest BCUT2D eigenvalue weighted by atomic mass is 9.81. The Labute approximate surface area is 160 Å². The molecule has 132 valence electrons. The van der Waals surface area contributed by atoms with Gasteiger partial charge >= 0.3 is 0 Å². The second-order valence-electron chi connectivity index (χ2n) is 7.02. The summed E-state index contributed by atoms with van der Waals surface area (Å²) in [6.07, 6.45) is 0. The molecule has 1 aliphatic carbocycles. The molecule has 2 aromatic carbocycles. The Morgan fingerprint density at radius 1 is 1.16 bits per heavy atom. The molecule has 1 atom stereocenters. The van der Waals surface area contributed by atoms with E-state index in [1.807, 2.05) is 18.2 Å². The van der Waals surface area contributed by atoms with Crippen molar-refractivity contribution in [2.45, 2.75) is 31.6 Å². The molecular formula is C19H19BrFO2PS. The molecule has 25 heavy (non-hydrogen) atoms. The van der Waals surface area contributed by atoms with E-state index in [-0.39, 0.29) is 16.6 Å². The summed E-state index contributed by atoms with van der Waals surface area (Å²) in [5, 5.41) is -2.52. The molecule has 0 amide bonds. The van der Waals surface area contributed by atoms with Gasteiger partial charge in [-0.15, -0.1) is 0 Å². The van der Waals surface area contributed by atoms with Crippen LogP contribution in [0.15, 0.2) is 53.0 Å². The fraction of sp³-hybridized carbons (Fsp3) is 0.263. The van der Waals surface area contributed by atoms with E-state index in [1.54, 1.807) is 12.1 Å². The minimum atomic E-state index is -4.25. The van der Waals surface area contributed by atoms with Crippen molar-refractivity contribution in [1.82, 2.24) is 0 Å². The van der Waals surface area contributed by atoms with Crippen molar-refractivity contribution in [3.63, 3.8) is 0 Å². The molecule has 0 saturated heterocycles. The van der Waals surface area contributed by atoms with Gasteiger partial charge in [0.05, 0.1) is 0 Å². The van der Waals surface area contributed by atoms with E-state index in [1.165, 1.54) is 6.92 Å². The van der Waals surface area contributed by atoms with Gasteiger partial charge in [-0.3, -0.25) is 0 Å². The molecule has 2 nitrogen and oxygen atoms in total. The average Bonchev–Trinajstić information content (AvgIpc) is 2.73. The minimum Gasteiger partial charge on any atom is -0.343 e. The van der Waals surface area contributed by atoms with Crippen LogP contribution in [0.4, 0.5) is 4.39 Å². The van der Waals surface area contributed by atoms with Gasteiger partial charge in [-0.1, -0.05) is 60.6 Å². The van der Waals surface area contributed by atoms with Crippen LogP contribution in [0.2, 0.25) is 0 Å². The third-order valence-electron chi connectivity index (χ3n) is 4.99. The predicted octanol–water partition coefficient (Wildman–Crippen LogP) is 5.75. The second-order valence-corrected chi connectivity index (χ2v) is 11.2. The highest BCUT2D eigenvalue weighted by Crippen LogP contribution is 2.63. The molecule has 2 N–H and O–H groups in total. The number of rotatable bonds is 3. The summed E-state index contributed by atoms with van der Waals surface area (Å²) < 4.78 is 16.6. The highest BCUT2D eigenvalue weighted by atomic mass is 79.9. The van der Waals surface area contributed by atoms with Gasteiger partial charge in [-0.25, -0.2) is 4.39 Å². The van der Waals surface area contributed by atoms with Gasteiger partial charge < -0.3 is 9.79 Å². The quantitative estimate of drug-likeness (QED) is 0.471. The number of benzene rings is 2. The zero-order valence-corrected chi connectivity index (χ0v) is 17.5. The number of halogens is 2. The monoisotopic (exact) mass is 440 g/mol. The summed E-state index contributed by atoms with van der Waals surface area (Å²) in [6.45, 7) is 4.93. The Morgan fingerprint density at radius 2 is 1.68 bits per heavy atom. The molecule has 0 radical (unpaired) electrons. The number of fused-ring (bicyclic) bond motifs is 3. The minimum absolute atomic E-state index is 0.00292. The first-order valence-electron chi connectivity index (χ1n) is 7.76. The predicted molar refractivity (Wildman–Crippen MR) is 108 cm³/mol. The van der Waals surface area contributed by atoms with Crippen molar-refractivity contribution >= 4 is 34.2 Å². The summed E-state index contributed by atoms with van der Waals surface area (Å²) in [4.78, 5) is 20.0. The van der Waals surface area contributed by atoms with Gasteiger partial charge in [0.15, 0.2) is 0 Å². The van der Waals surface area contributed by atoms with Crippen LogP contribution in [0.3, 0.4) is 0 Å². The first-order valence-corrected chi connectivity index (χ1v) is 11.3. The normalized spacial score (nSPS) is 17.6. The molecule has 0 aromatic heterocycles. The highest BCUT2D eigenvalue weighted by molar-refractivity contribution is 9.10. The lowest BCUT2D eigenvalue weighted by molar-refractivity contribution is 0.280. The van der Waals surface area contributed by atoms with E-state index < -0.39 is 11.9 Å². The standard InChI is InChI=1S/C19H19BrFO2PS/c1-11(2)19(21,24(22,23)25)12-5-7-14-15-8-6-13(20)10-17(15)18(3,4)16(14)9-12/h5-10H,1H2,2-4H3,(H2,22,23,25). The number of allylic oxidation sites excluding steroid dienone is 1. The van der Waals surface area contributed by atoms with E-state index in [4.69, 9.17) is 11.8 Å². The zero-order valence-electron chi connectivity index (χ0n) is 14.2. The molecule has 0 saturated carbocycles. The lowest BCUT2D eigenvalue weighted by Gasteiger charge is -2.31. The van der Waals surface area contributed by atoms with Gasteiger partial charge in [-0.2, -0.15) is 0 Å². The Bertz CT molecular complexity index is 950. The van der Waals surface area contributed by atoms with Crippen LogP contribution in [0.1, 0.15) is 37.5 Å². The molecule has 2 aromatic rings. The number of hydrogen-bond donors (Lipinski definition) is 2. The average molecular weight is 441 g/mol. The SMILES string of the molecule is C=C(C)C(F)(c1ccc2c(c1)C(C)(C)c1cc(Br)ccc1-2)P(O)(O)=S. The molecule has 0 bridgehead atoms. The maximum Gasteiger partial charge on any atom is 0.230 e. The molecule has 1 aliphatic rings. The third-order valence-corrected chi connectivity index (χ3v) is 7.68. The van der Waals surface area contributed by atoms with Gasteiger partial charge in [0.25, 0.3) is 0 Å². The van der Waals surface area contributed by atoms with Crippen molar-refractivity contribution in [2.24, 2.45) is 0 Å². The summed E-state index contributed by atoms with van der Waals surface area (Å²) in [7, 11) is 0.